The van der Waals surface area contributed by atoms with E-state index in [4.69, 9.17) is 0 Å². The number of carbonyl (C=O) groups excluding carboxylic acids is 2. The normalized spacial score (nSPS) is 21.6. The molecular weight excluding hydrogens is 294 g/mol. The number of nitrogens with zero attached hydrogens (tertiary/aromatic N) is 1. The summed E-state index contributed by atoms with van der Waals surface area (Å²) >= 11 is 3.47. The molecule has 1 heterocycles. The van der Waals surface area contributed by atoms with Crippen LogP contribution in [0.15, 0.2) is 22.7 Å². The standard InChI is InChI=1S/C14H14BrNO2/c1-16-12-3-2-9(15)8-11(12)14(13(16)18)6-4-10(17)5-7-14/h2-3,8H,4-7H2,1H3. The minimum absolute atomic E-state index is 0.142. The molecule has 0 saturated heterocycles. The molecule has 1 aromatic rings. The number of likely N-dealkylation sites (N-methyl/N-ethyl adjacent to an activating group) is 1. The Labute approximate surface area is 114 Å². The third kappa shape index (κ3) is 1.48. The van der Waals surface area contributed by atoms with Gasteiger partial charge in [0.05, 0.1) is 5.41 Å². The van der Waals surface area contributed by atoms with E-state index in [1.54, 1.807) is 4.90 Å². The van der Waals surface area contributed by atoms with Crippen molar-refractivity contribution in [3.63, 3.8) is 0 Å². The van der Waals surface area contributed by atoms with Gasteiger partial charge in [0.25, 0.3) is 0 Å². The number of hydrogen-bond acceptors (Lipinski definition) is 2. The SMILES string of the molecule is CN1C(=O)C2(CCC(=O)CC2)c2cc(Br)ccc21. The Hall–Kier alpha value is -1.16. The van der Waals surface area contributed by atoms with Crippen LogP contribution in [-0.2, 0) is 15.0 Å². The number of ketones is 1. The first kappa shape index (κ1) is 11.9. The average molecular weight is 308 g/mol. The summed E-state index contributed by atoms with van der Waals surface area (Å²) in [6, 6.07) is 5.96. The summed E-state index contributed by atoms with van der Waals surface area (Å²) < 4.78 is 0.987. The molecule has 0 atom stereocenters. The summed E-state index contributed by atoms with van der Waals surface area (Å²) in [6.45, 7) is 0. The fraction of sp³-hybridized carbons (Fsp3) is 0.429. The monoisotopic (exact) mass is 307 g/mol. The van der Waals surface area contributed by atoms with Crippen molar-refractivity contribution >= 4 is 33.3 Å². The largest absolute Gasteiger partial charge is 0.314 e. The molecule has 1 saturated carbocycles. The third-order valence-corrected chi connectivity index (χ3v) is 4.70. The van der Waals surface area contributed by atoms with E-state index in [0.29, 0.717) is 25.7 Å². The van der Waals surface area contributed by atoms with Crippen molar-refractivity contribution in [2.24, 2.45) is 0 Å². The van der Waals surface area contributed by atoms with Crippen LogP contribution in [0.4, 0.5) is 5.69 Å². The molecule has 1 aliphatic carbocycles. The van der Waals surface area contributed by atoms with Crippen LogP contribution in [0.25, 0.3) is 0 Å². The molecule has 0 aromatic heterocycles. The molecule has 1 aromatic carbocycles. The van der Waals surface area contributed by atoms with Gasteiger partial charge in [0, 0.05) is 30.0 Å². The Morgan fingerprint density at radius 3 is 2.56 bits per heavy atom. The van der Waals surface area contributed by atoms with Gasteiger partial charge in [-0.25, -0.2) is 0 Å². The van der Waals surface area contributed by atoms with Crippen LogP contribution in [0.5, 0.6) is 0 Å². The van der Waals surface area contributed by atoms with Gasteiger partial charge in [0.2, 0.25) is 5.91 Å². The minimum atomic E-state index is -0.457. The van der Waals surface area contributed by atoms with Crippen molar-refractivity contribution in [3.05, 3.63) is 28.2 Å². The molecule has 3 rings (SSSR count). The second-order valence-corrected chi connectivity index (χ2v) is 6.06. The molecule has 1 spiro atoms. The first-order valence-electron chi connectivity index (χ1n) is 6.14. The van der Waals surface area contributed by atoms with Gasteiger partial charge in [-0.05, 0) is 36.6 Å². The lowest BCUT2D eigenvalue weighted by atomic mass is 9.70. The maximum Gasteiger partial charge on any atom is 0.237 e. The number of benzene rings is 1. The quantitative estimate of drug-likeness (QED) is 0.739. The minimum Gasteiger partial charge on any atom is -0.314 e. The Balaban J connectivity index is 2.14. The highest BCUT2D eigenvalue weighted by Gasteiger charge is 2.50. The number of fused-ring (bicyclic) bond motifs is 2. The van der Waals surface area contributed by atoms with Gasteiger partial charge in [-0.1, -0.05) is 15.9 Å². The summed E-state index contributed by atoms with van der Waals surface area (Å²) in [6.07, 6.45) is 2.34. The number of amides is 1. The molecule has 3 nitrogen and oxygen atoms in total. The molecule has 0 N–H and O–H groups in total. The second kappa shape index (κ2) is 3.92. The van der Waals surface area contributed by atoms with Crippen LogP contribution >= 0.6 is 15.9 Å². The summed E-state index contributed by atoms with van der Waals surface area (Å²) in [5, 5.41) is 0. The van der Waals surface area contributed by atoms with Gasteiger partial charge < -0.3 is 4.90 Å². The van der Waals surface area contributed by atoms with Crippen LogP contribution in [0.3, 0.4) is 0 Å². The lowest BCUT2D eigenvalue weighted by molar-refractivity contribution is -0.127. The third-order valence-electron chi connectivity index (χ3n) is 4.21. The van der Waals surface area contributed by atoms with Crippen LogP contribution in [0, 0.1) is 0 Å². The summed E-state index contributed by atoms with van der Waals surface area (Å²) in [5.74, 6) is 0.419. The Kier molecular flexibility index (Phi) is 2.59. The van der Waals surface area contributed by atoms with Crippen molar-refractivity contribution in [3.8, 4) is 0 Å². The van der Waals surface area contributed by atoms with E-state index in [1.807, 2.05) is 25.2 Å². The van der Waals surface area contributed by atoms with Crippen LogP contribution in [0.2, 0.25) is 0 Å². The summed E-state index contributed by atoms with van der Waals surface area (Å²) in [5.41, 5.74) is 1.61. The number of Topliss-reactive ketones (excluding diaryl/α,β-unsaturated/α-hetero) is 1. The van der Waals surface area contributed by atoms with Gasteiger partial charge >= 0.3 is 0 Å². The highest BCUT2D eigenvalue weighted by atomic mass is 79.9. The second-order valence-electron chi connectivity index (χ2n) is 5.15. The number of rotatable bonds is 0. The van der Waals surface area contributed by atoms with Crippen molar-refractivity contribution in [1.29, 1.82) is 0 Å². The molecule has 18 heavy (non-hydrogen) atoms. The topological polar surface area (TPSA) is 37.4 Å². The first-order chi connectivity index (χ1) is 8.54. The lowest BCUT2D eigenvalue weighted by Crippen LogP contribution is -2.41. The molecule has 4 heteroatoms. The van der Waals surface area contributed by atoms with Crippen molar-refractivity contribution in [1.82, 2.24) is 0 Å². The Morgan fingerprint density at radius 1 is 1.22 bits per heavy atom. The molecule has 2 aliphatic rings. The maximum atomic E-state index is 12.6. The number of hydrogen-bond donors (Lipinski definition) is 0. The van der Waals surface area contributed by atoms with Crippen molar-refractivity contribution in [2.75, 3.05) is 11.9 Å². The van der Waals surface area contributed by atoms with Gasteiger partial charge in [0.15, 0.2) is 0 Å². The van der Waals surface area contributed by atoms with Crippen LogP contribution in [0.1, 0.15) is 31.2 Å². The van der Waals surface area contributed by atoms with Gasteiger partial charge in [-0.15, -0.1) is 0 Å². The lowest BCUT2D eigenvalue weighted by Gasteiger charge is -2.31. The molecule has 1 aliphatic heterocycles. The molecular formula is C14H14BrNO2. The predicted octanol–water partition coefficient (Wildman–Crippen LogP) is 2.81. The number of anilines is 1. The highest BCUT2D eigenvalue weighted by molar-refractivity contribution is 9.10. The Morgan fingerprint density at radius 2 is 1.89 bits per heavy atom. The molecule has 0 bridgehead atoms. The van der Waals surface area contributed by atoms with E-state index >= 15 is 0 Å². The van der Waals surface area contributed by atoms with E-state index in [2.05, 4.69) is 15.9 Å². The molecule has 1 fully saturated rings. The van der Waals surface area contributed by atoms with E-state index < -0.39 is 5.41 Å². The predicted molar refractivity (Wildman–Crippen MR) is 72.7 cm³/mol. The fourth-order valence-electron chi connectivity index (χ4n) is 3.17. The summed E-state index contributed by atoms with van der Waals surface area (Å²) in [4.78, 5) is 25.7. The zero-order valence-corrected chi connectivity index (χ0v) is 11.8. The van der Waals surface area contributed by atoms with Crippen molar-refractivity contribution in [2.45, 2.75) is 31.1 Å². The van der Waals surface area contributed by atoms with Crippen LogP contribution in [-0.4, -0.2) is 18.7 Å². The zero-order valence-electron chi connectivity index (χ0n) is 10.2. The maximum absolute atomic E-state index is 12.6. The van der Waals surface area contributed by atoms with E-state index in [0.717, 1.165) is 15.7 Å². The van der Waals surface area contributed by atoms with Gasteiger partial charge in [0.1, 0.15) is 5.78 Å². The summed E-state index contributed by atoms with van der Waals surface area (Å²) in [7, 11) is 1.82. The van der Waals surface area contributed by atoms with Gasteiger partial charge in [-0.3, -0.25) is 9.59 Å². The van der Waals surface area contributed by atoms with Crippen molar-refractivity contribution < 1.29 is 9.59 Å². The van der Waals surface area contributed by atoms with E-state index in [9.17, 15) is 9.59 Å². The molecule has 94 valence electrons. The number of halogens is 1. The van der Waals surface area contributed by atoms with E-state index in [1.165, 1.54) is 0 Å². The zero-order chi connectivity index (χ0) is 12.9. The molecule has 0 radical (unpaired) electrons. The smallest absolute Gasteiger partial charge is 0.237 e. The first-order valence-corrected chi connectivity index (χ1v) is 6.94. The van der Waals surface area contributed by atoms with Gasteiger partial charge in [-0.2, -0.15) is 0 Å². The number of carbonyl (C=O) groups is 2. The molecule has 0 unspecified atom stereocenters. The Bertz CT molecular complexity index is 543. The fourth-order valence-corrected chi connectivity index (χ4v) is 3.53. The molecule has 1 amide bonds. The average Bonchev–Trinajstić information content (AvgIpc) is 2.56. The van der Waals surface area contributed by atoms with Crippen LogP contribution < -0.4 is 4.90 Å². The van der Waals surface area contributed by atoms with E-state index in [-0.39, 0.29) is 11.7 Å². The highest BCUT2D eigenvalue weighted by Crippen LogP contribution is 2.49.